The van der Waals surface area contributed by atoms with Gasteiger partial charge in [0.25, 0.3) is 0 Å². The molecule has 0 saturated carbocycles. The number of nitrogens with zero attached hydrogens (tertiary/aromatic N) is 4. The minimum absolute atomic E-state index is 0.186. The molecular weight excluding hydrogens is 461 g/mol. The number of hydrogen-bond acceptors (Lipinski definition) is 5. The first-order valence-electron chi connectivity index (χ1n) is 11.5. The molecule has 1 aliphatic rings. The molecule has 0 aliphatic carbocycles. The number of carboxylic acids is 1. The summed E-state index contributed by atoms with van der Waals surface area (Å²) in [7, 11) is 1.79. The quantitative estimate of drug-likeness (QED) is 0.411. The molecule has 2 aromatic heterocycles. The molecule has 1 amide bonds. The second-order valence-electron chi connectivity index (χ2n) is 8.69. The molecule has 182 valence electrons. The zero-order chi connectivity index (χ0) is 25.2. The lowest BCUT2D eigenvalue weighted by Gasteiger charge is -2.31. The second-order valence-corrected chi connectivity index (χ2v) is 8.69. The molecule has 0 spiro atoms. The van der Waals surface area contributed by atoms with Crippen LogP contribution in [0.15, 0.2) is 73.2 Å². The van der Waals surface area contributed by atoms with E-state index in [-0.39, 0.29) is 17.3 Å². The van der Waals surface area contributed by atoms with Crippen molar-refractivity contribution in [2.75, 3.05) is 23.4 Å². The fourth-order valence-corrected chi connectivity index (χ4v) is 4.66. The Kier molecular flexibility index (Phi) is 6.20. The van der Waals surface area contributed by atoms with Gasteiger partial charge in [-0.2, -0.15) is 5.10 Å². The number of benzene rings is 2. The summed E-state index contributed by atoms with van der Waals surface area (Å²) in [5, 5.41) is 16.9. The van der Waals surface area contributed by atoms with Crippen LogP contribution < -0.4 is 9.80 Å². The molecule has 1 atom stereocenters. The fourth-order valence-electron chi connectivity index (χ4n) is 4.66. The molecule has 1 unspecified atom stereocenters. The Morgan fingerprint density at radius 1 is 1.11 bits per heavy atom. The van der Waals surface area contributed by atoms with Gasteiger partial charge in [-0.3, -0.25) is 14.9 Å². The SMILES string of the molecule is CN(c1cc[nH]n1)C(Cc1ccc(F)cc1)C(=O)N1CCc2c(C(=O)O)cc(-c3ccncc3)cc21. The number of aromatic amines is 1. The van der Waals surface area contributed by atoms with E-state index in [0.29, 0.717) is 42.0 Å². The normalized spacial score (nSPS) is 13.3. The third kappa shape index (κ3) is 4.43. The molecule has 0 fully saturated rings. The highest BCUT2D eigenvalue weighted by atomic mass is 19.1. The van der Waals surface area contributed by atoms with Gasteiger partial charge in [0.15, 0.2) is 5.82 Å². The van der Waals surface area contributed by atoms with Crippen LogP contribution in [0.2, 0.25) is 0 Å². The van der Waals surface area contributed by atoms with Crippen LogP contribution in [-0.4, -0.2) is 51.8 Å². The van der Waals surface area contributed by atoms with Crippen LogP contribution in [-0.2, 0) is 17.6 Å². The van der Waals surface area contributed by atoms with Gasteiger partial charge in [0.1, 0.15) is 11.9 Å². The average Bonchev–Trinajstić information content (AvgIpc) is 3.58. The van der Waals surface area contributed by atoms with Gasteiger partial charge in [-0.1, -0.05) is 12.1 Å². The van der Waals surface area contributed by atoms with E-state index >= 15 is 0 Å². The number of hydrogen-bond donors (Lipinski definition) is 2. The average molecular weight is 486 g/mol. The largest absolute Gasteiger partial charge is 0.478 e. The van der Waals surface area contributed by atoms with Crippen molar-refractivity contribution in [3.05, 3.63) is 95.7 Å². The van der Waals surface area contributed by atoms with E-state index in [0.717, 1.165) is 11.1 Å². The minimum Gasteiger partial charge on any atom is -0.478 e. The first kappa shape index (κ1) is 23.2. The number of fused-ring (bicyclic) bond motifs is 1. The molecule has 0 saturated heterocycles. The zero-order valence-corrected chi connectivity index (χ0v) is 19.6. The van der Waals surface area contributed by atoms with E-state index in [9.17, 15) is 19.1 Å². The molecule has 0 radical (unpaired) electrons. The lowest BCUT2D eigenvalue weighted by Crippen LogP contribution is -2.48. The summed E-state index contributed by atoms with van der Waals surface area (Å²) in [4.78, 5) is 33.7. The monoisotopic (exact) mass is 485 g/mol. The highest BCUT2D eigenvalue weighted by Crippen LogP contribution is 2.37. The number of carbonyl (C=O) groups is 2. The van der Waals surface area contributed by atoms with Gasteiger partial charge >= 0.3 is 5.97 Å². The topological polar surface area (TPSA) is 102 Å². The van der Waals surface area contributed by atoms with E-state index in [1.165, 1.54) is 12.1 Å². The van der Waals surface area contributed by atoms with Crippen molar-refractivity contribution in [3.63, 3.8) is 0 Å². The Labute approximate surface area is 207 Å². The maximum absolute atomic E-state index is 14.1. The number of rotatable bonds is 7. The van der Waals surface area contributed by atoms with Crippen LogP contribution in [0.25, 0.3) is 11.1 Å². The van der Waals surface area contributed by atoms with Crippen molar-refractivity contribution < 1.29 is 19.1 Å². The molecule has 5 rings (SSSR count). The lowest BCUT2D eigenvalue weighted by atomic mass is 9.97. The lowest BCUT2D eigenvalue weighted by molar-refractivity contribution is -0.119. The number of nitrogens with one attached hydrogen (secondary N) is 1. The molecule has 4 aromatic rings. The summed E-state index contributed by atoms with van der Waals surface area (Å²) >= 11 is 0. The smallest absolute Gasteiger partial charge is 0.336 e. The number of aromatic nitrogens is 3. The van der Waals surface area contributed by atoms with E-state index < -0.39 is 12.0 Å². The van der Waals surface area contributed by atoms with Crippen molar-refractivity contribution in [3.8, 4) is 11.1 Å². The van der Waals surface area contributed by atoms with Crippen LogP contribution in [0.5, 0.6) is 0 Å². The number of H-pyrrole nitrogens is 1. The van der Waals surface area contributed by atoms with Gasteiger partial charge in [0.2, 0.25) is 5.91 Å². The van der Waals surface area contributed by atoms with Gasteiger partial charge < -0.3 is 14.9 Å². The van der Waals surface area contributed by atoms with Gasteiger partial charge in [-0.25, -0.2) is 9.18 Å². The first-order chi connectivity index (χ1) is 17.4. The molecule has 1 aliphatic heterocycles. The summed E-state index contributed by atoms with van der Waals surface area (Å²) in [6.07, 6.45) is 5.72. The van der Waals surface area contributed by atoms with Crippen molar-refractivity contribution in [1.29, 1.82) is 0 Å². The predicted molar refractivity (Wildman–Crippen MR) is 134 cm³/mol. The number of carboxylic acid groups (broad SMARTS) is 1. The van der Waals surface area contributed by atoms with E-state index in [1.54, 1.807) is 71.8 Å². The number of likely N-dealkylation sites (N-methyl/N-ethyl adjacent to an activating group) is 1. The van der Waals surface area contributed by atoms with Gasteiger partial charge in [0.05, 0.1) is 5.56 Å². The van der Waals surface area contributed by atoms with E-state index in [1.807, 2.05) is 6.07 Å². The van der Waals surface area contributed by atoms with E-state index in [2.05, 4.69) is 15.2 Å². The number of carbonyl (C=O) groups excluding carboxylic acids is 1. The Bertz CT molecular complexity index is 1390. The summed E-state index contributed by atoms with van der Waals surface area (Å²) in [6.45, 7) is 0.364. The summed E-state index contributed by atoms with van der Waals surface area (Å²) in [5.41, 5.74) is 3.72. The maximum atomic E-state index is 14.1. The minimum atomic E-state index is -1.03. The molecular formula is C27H24FN5O3. The zero-order valence-electron chi connectivity index (χ0n) is 19.6. The van der Waals surface area contributed by atoms with Crippen molar-refractivity contribution in [2.45, 2.75) is 18.9 Å². The third-order valence-corrected chi connectivity index (χ3v) is 6.55. The molecule has 3 heterocycles. The predicted octanol–water partition coefficient (Wildman–Crippen LogP) is 3.95. The maximum Gasteiger partial charge on any atom is 0.336 e. The number of amides is 1. The van der Waals surface area contributed by atoms with Gasteiger partial charge in [-0.15, -0.1) is 0 Å². The van der Waals surface area contributed by atoms with Crippen LogP contribution >= 0.6 is 0 Å². The third-order valence-electron chi connectivity index (χ3n) is 6.55. The molecule has 0 bridgehead atoms. The van der Waals surface area contributed by atoms with Gasteiger partial charge in [-0.05, 0) is 65.1 Å². The Hall–Kier alpha value is -4.53. The fraction of sp³-hybridized carbons (Fsp3) is 0.185. The second kappa shape index (κ2) is 9.61. The molecule has 2 aromatic carbocycles. The van der Waals surface area contributed by atoms with Crippen molar-refractivity contribution in [1.82, 2.24) is 15.2 Å². The highest BCUT2D eigenvalue weighted by molar-refractivity contribution is 6.04. The Morgan fingerprint density at radius 2 is 1.86 bits per heavy atom. The van der Waals surface area contributed by atoms with Crippen LogP contribution in [0.4, 0.5) is 15.9 Å². The van der Waals surface area contributed by atoms with E-state index in [4.69, 9.17) is 0 Å². The van der Waals surface area contributed by atoms with Crippen LogP contribution in [0.3, 0.4) is 0 Å². The van der Waals surface area contributed by atoms with Crippen molar-refractivity contribution in [2.24, 2.45) is 0 Å². The summed E-state index contributed by atoms with van der Waals surface area (Å²) in [5.74, 6) is -0.980. The molecule has 2 N–H and O–H groups in total. The number of halogens is 1. The number of pyridine rings is 1. The standard InChI is InChI=1S/C27H24FN5O3/c1-32(25-8-12-30-31-25)24(14-17-2-4-20(28)5-3-17)26(34)33-13-9-21-22(27(35)36)15-19(16-23(21)33)18-6-10-29-11-7-18/h2-8,10-12,15-16,24H,9,13-14H2,1H3,(H,30,31)(H,35,36). The Morgan fingerprint density at radius 3 is 2.53 bits per heavy atom. The first-order valence-corrected chi connectivity index (χ1v) is 11.5. The number of aromatic carboxylic acids is 1. The van der Waals surface area contributed by atoms with Gasteiger partial charge in [0, 0.05) is 50.4 Å². The van der Waals surface area contributed by atoms with Crippen molar-refractivity contribution >= 4 is 23.4 Å². The summed E-state index contributed by atoms with van der Waals surface area (Å²) in [6, 6.07) is 14.3. The molecule has 9 heteroatoms. The number of anilines is 2. The van der Waals surface area contributed by atoms with Crippen LogP contribution in [0, 0.1) is 5.82 Å². The van der Waals surface area contributed by atoms with Crippen LogP contribution in [0.1, 0.15) is 21.5 Å². The summed E-state index contributed by atoms with van der Waals surface area (Å²) < 4.78 is 13.5. The highest BCUT2D eigenvalue weighted by Gasteiger charge is 2.35. The molecule has 8 nitrogen and oxygen atoms in total. The molecule has 36 heavy (non-hydrogen) atoms. The Balaban J connectivity index is 1.55.